The fourth-order valence-electron chi connectivity index (χ4n) is 2.46. The zero-order valence-corrected chi connectivity index (χ0v) is 11.1. The van der Waals surface area contributed by atoms with E-state index in [4.69, 9.17) is 0 Å². The first-order chi connectivity index (χ1) is 9.33. The molecule has 2 heterocycles. The summed E-state index contributed by atoms with van der Waals surface area (Å²) >= 11 is 0. The molecule has 0 aromatic heterocycles. The Morgan fingerprint density at radius 2 is 2.05 bits per heavy atom. The molecule has 2 nitrogen and oxygen atoms in total. The van der Waals surface area contributed by atoms with Crippen LogP contribution in [0.1, 0.15) is 22.7 Å². The van der Waals surface area contributed by atoms with E-state index in [2.05, 4.69) is 66.1 Å². The standard InChI is InChI=1S/C17H18N2/c1-13-10-14(16-6-2-4-8-18-16)12-15(11-13)17-7-3-5-9-19-17/h2-8,10-12,16,18-19H,9H2,1H3. The molecule has 0 aliphatic carbocycles. The predicted octanol–water partition coefficient (Wildman–Crippen LogP) is 3.21. The van der Waals surface area contributed by atoms with Crippen molar-refractivity contribution < 1.29 is 0 Å². The van der Waals surface area contributed by atoms with Gasteiger partial charge in [-0.3, -0.25) is 0 Å². The van der Waals surface area contributed by atoms with Gasteiger partial charge in [0.15, 0.2) is 0 Å². The van der Waals surface area contributed by atoms with Crippen LogP contribution in [0, 0.1) is 6.92 Å². The molecule has 0 bridgehead atoms. The van der Waals surface area contributed by atoms with Gasteiger partial charge in [0, 0.05) is 12.2 Å². The molecule has 19 heavy (non-hydrogen) atoms. The molecule has 1 unspecified atom stereocenters. The van der Waals surface area contributed by atoms with Crippen molar-refractivity contribution in [3.8, 4) is 0 Å². The first-order valence-electron chi connectivity index (χ1n) is 6.65. The van der Waals surface area contributed by atoms with E-state index in [1.807, 2.05) is 12.3 Å². The first kappa shape index (κ1) is 11.8. The topological polar surface area (TPSA) is 24.1 Å². The van der Waals surface area contributed by atoms with Gasteiger partial charge in [0.2, 0.25) is 0 Å². The van der Waals surface area contributed by atoms with Gasteiger partial charge in [-0.2, -0.15) is 0 Å². The first-order valence-corrected chi connectivity index (χ1v) is 6.65. The monoisotopic (exact) mass is 250 g/mol. The largest absolute Gasteiger partial charge is 0.381 e. The molecule has 1 atom stereocenters. The van der Waals surface area contributed by atoms with E-state index in [0.29, 0.717) is 0 Å². The molecule has 0 fully saturated rings. The summed E-state index contributed by atoms with van der Waals surface area (Å²) in [6.07, 6.45) is 14.6. The van der Waals surface area contributed by atoms with Gasteiger partial charge in [0.1, 0.15) is 0 Å². The van der Waals surface area contributed by atoms with Crippen molar-refractivity contribution in [1.29, 1.82) is 0 Å². The third-order valence-corrected chi connectivity index (χ3v) is 3.37. The second-order valence-corrected chi connectivity index (χ2v) is 4.91. The van der Waals surface area contributed by atoms with Crippen molar-refractivity contribution in [1.82, 2.24) is 10.6 Å². The number of allylic oxidation sites excluding steroid dienone is 4. The molecule has 0 saturated heterocycles. The van der Waals surface area contributed by atoms with E-state index in [9.17, 15) is 0 Å². The van der Waals surface area contributed by atoms with Crippen molar-refractivity contribution in [3.63, 3.8) is 0 Å². The lowest BCUT2D eigenvalue weighted by Crippen LogP contribution is -2.17. The van der Waals surface area contributed by atoms with E-state index < -0.39 is 0 Å². The van der Waals surface area contributed by atoms with E-state index in [0.717, 1.165) is 6.54 Å². The lowest BCUT2D eigenvalue weighted by Gasteiger charge is -2.19. The van der Waals surface area contributed by atoms with E-state index in [-0.39, 0.29) is 6.04 Å². The maximum atomic E-state index is 3.41. The summed E-state index contributed by atoms with van der Waals surface area (Å²) in [6, 6.07) is 6.99. The highest BCUT2D eigenvalue weighted by atomic mass is 14.9. The number of dihydropyridines is 2. The van der Waals surface area contributed by atoms with Crippen molar-refractivity contribution >= 4 is 5.70 Å². The number of nitrogens with one attached hydrogen (secondary N) is 2. The van der Waals surface area contributed by atoms with Crippen LogP contribution in [0.5, 0.6) is 0 Å². The molecule has 3 rings (SSSR count). The minimum atomic E-state index is 0.267. The lowest BCUT2D eigenvalue weighted by molar-refractivity contribution is 0.745. The molecule has 0 radical (unpaired) electrons. The van der Waals surface area contributed by atoms with Gasteiger partial charge in [-0.15, -0.1) is 0 Å². The average Bonchev–Trinajstić information content (AvgIpc) is 2.48. The fraction of sp³-hybridized carbons (Fsp3) is 0.176. The summed E-state index contributed by atoms with van der Waals surface area (Å²) in [4.78, 5) is 0. The van der Waals surface area contributed by atoms with Crippen molar-refractivity contribution in [2.75, 3.05) is 6.54 Å². The number of hydrogen-bond acceptors (Lipinski definition) is 2. The Kier molecular flexibility index (Phi) is 3.23. The van der Waals surface area contributed by atoms with Crippen LogP contribution < -0.4 is 10.6 Å². The lowest BCUT2D eigenvalue weighted by atomic mass is 9.97. The summed E-state index contributed by atoms with van der Waals surface area (Å²) in [5.41, 5.74) is 5.04. The molecule has 2 heteroatoms. The summed E-state index contributed by atoms with van der Waals surface area (Å²) in [6.45, 7) is 3.05. The van der Waals surface area contributed by atoms with Gasteiger partial charge in [-0.1, -0.05) is 35.9 Å². The van der Waals surface area contributed by atoms with Crippen LogP contribution in [0.15, 0.2) is 60.9 Å². The number of hydrogen-bond donors (Lipinski definition) is 2. The molecule has 2 aliphatic heterocycles. The van der Waals surface area contributed by atoms with Gasteiger partial charge in [-0.25, -0.2) is 0 Å². The van der Waals surface area contributed by atoms with Crippen LogP contribution in [0.25, 0.3) is 5.70 Å². The zero-order chi connectivity index (χ0) is 13.1. The highest BCUT2D eigenvalue weighted by Crippen LogP contribution is 2.23. The Hall–Kier alpha value is -2.22. The molecule has 2 N–H and O–H groups in total. The van der Waals surface area contributed by atoms with Crippen molar-refractivity contribution in [3.05, 3.63) is 77.5 Å². The molecule has 0 saturated carbocycles. The molecule has 2 aliphatic rings. The number of rotatable bonds is 2. The molecular formula is C17H18N2. The minimum Gasteiger partial charge on any atom is -0.381 e. The van der Waals surface area contributed by atoms with Crippen molar-refractivity contribution in [2.24, 2.45) is 0 Å². The third kappa shape index (κ3) is 2.63. The molecule has 0 amide bonds. The fourth-order valence-corrected chi connectivity index (χ4v) is 2.46. The molecule has 1 aromatic rings. The van der Waals surface area contributed by atoms with Gasteiger partial charge < -0.3 is 10.6 Å². The van der Waals surface area contributed by atoms with Crippen LogP contribution in [0.3, 0.4) is 0 Å². The summed E-state index contributed by atoms with van der Waals surface area (Å²) in [5, 5.41) is 6.79. The predicted molar refractivity (Wildman–Crippen MR) is 80.5 cm³/mol. The Morgan fingerprint density at radius 1 is 1.11 bits per heavy atom. The van der Waals surface area contributed by atoms with E-state index in [1.54, 1.807) is 0 Å². The Bertz CT molecular complexity index is 591. The Labute approximate surface area is 114 Å². The molecular weight excluding hydrogens is 232 g/mol. The zero-order valence-electron chi connectivity index (χ0n) is 11.1. The number of aryl methyl sites for hydroxylation is 1. The van der Waals surface area contributed by atoms with Gasteiger partial charge >= 0.3 is 0 Å². The second-order valence-electron chi connectivity index (χ2n) is 4.91. The van der Waals surface area contributed by atoms with Crippen LogP contribution in [0.4, 0.5) is 0 Å². The molecule has 0 spiro atoms. The summed E-state index contributed by atoms with van der Waals surface area (Å²) in [5.74, 6) is 0. The summed E-state index contributed by atoms with van der Waals surface area (Å²) in [7, 11) is 0. The normalized spacial score (nSPS) is 20.7. The number of benzene rings is 1. The highest BCUT2D eigenvalue weighted by Gasteiger charge is 2.11. The third-order valence-electron chi connectivity index (χ3n) is 3.37. The van der Waals surface area contributed by atoms with Crippen LogP contribution in [-0.2, 0) is 0 Å². The molecule has 96 valence electrons. The maximum absolute atomic E-state index is 3.41. The SMILES string of the molecule is Cc1cc(C2=CC=CCN2)cc(C2C=CC=CN2)c1. The Morgan fingerprint density at radius 3 is 2.79 bits per heavy atom. The maximum Gasteiger partial charge on any atom is 0.0696 e. The average molecular weight is 250 g/mol. The van der Waals surface area contributed by atoms with Crippen LogP contribution in [-0.4, -0.2) is 6.54 Å². The second kappa shape index (κ2) is 5.19. The van der Waals surface area contributed by atoms with Gasteiger partial charge in [0.25, 0.3) is 0 Å². The van der Waals surface area contributed by atoms with E-state index >= 15 is 0 Å². The van der Waals surface area contributed by atoms with E-state index in [1.165, 1.54) is 22.4 Å². The molecule has 1 aromatic carbocycles. The quantitative estimate of drug-likeness (QED) is 0.842. The minimum absolute atomic E-state index is 0.267. The Balaban J connectivity index is 1.96. The smallest absolute Gasteiger partial charge is 0.0696 e. The van der Waals surface area contributed by atoms with Gasteiger partial charge in [-0.05, 0) is 48.5 Å². The van der Waals surface area contributed by atoms with Gasteiger partial charge in [0.05, 0.1) is 6.04 Å². The van der Waals surface area contributed by atoms with Crippen LogP contribution in [0.2, 0.25) is 0 Å². The van der Waals surface area contributed by atoms with Crippen molar-refractivity contribution in [2.45, 2.75) is 13.0 Å². The highest BCUT2D eigenvalue weighted by molar-refractivity contribution is 5.68. The van der Waals surface area contributed by atoms with Crippen LogP contribution >= 0.6 is 0 Å². The summed E-state index contributed by atoms with van der Waals surface area (Å²) < 4.78 is 0.